The minimum absolute atomic E-state index is 0.126. The molecule has 0 radical (unpaired) electrons. The van der Waals surface area contributed by atoms with E-state index in [1.165, 1.54) is 12.1 Å². The summed E-state index contributed by atoms with van der Waals surface area (Å²) in [6.45, 7) is 1.74. The van der Waals surface area contributed by atoms with E-state index in [0.29, 0.717) is 15.9 Å². The van der Waals surface area contributed by atoms with Gasteiger partial charge in [0.2, 0.25) is 10.0 Å². The quantitative estimate of drug-likeness (QED) is 0.825. The normalized spacial score (nSPS) is 13.1. The van der Waals surface area contributed by atoms with Gasteiger partial charge in [-0.1, -0.05) is 6.07 Å². The summed E-state index contributed by atoms with van der Waals surface area (Å²) >= 11 is 3.23. The van der Waals surface area contributed by atoms with Crippen LogP contribution in [0.1, 0.15) is 18.7 Å². The molecule has 2 rings (SSSR count). The summed E-state index contributed by atoms with van der Waals surface area (Å²) in [5, 5.41) is 0. The Kier molecular flexibility index (Phi) is 4.42. The van der Waals surface area contributed by atoms with Crippen molar-refractivity contribution in [1.82, 2.24) is 9.71 Å². The Balaban J connectivity index is 2.25. The number of rotatable bonds is 4. The van der Waals surface area contributed by atoms with Gasteiger partial charge in [0, 0.05) is 16.4 Å². The monoisotopic (exact) mass is 355 g/mol. The number of nitrogen functional groups attached to an aromatic ring is 1. The van der Waals surface area contributed by atoms with Crippen molar-refractivity contribution in [2.24, 2.45) is 0 Å². The van der Waals surface area contributed by atoms with E-state index in [-0.39, 0.29) is 4.90 Å². The van der Waals surface area contributed by atoms with E-state index in [1.54, 1.807) is 31.3 Å². The number of hydrogen-bond donors (Lipinski definition) is 2. The molecule has 106 valence electrons. The standard InChI is InChI=1S/C13H14BrN3O2S/c1-9(13-4-2-3-7-16-13)17-20(18,19)10-5-6-11(14)12(15)8-10/h2-9,17H,15H2,1H3. The summed E-state index contributed by atoms with van der Waals surface area (Å²) in [6.07, 6.45) is 1.62. The number of benzene rings is 1. The van der Waals surface area contributed by atoms with Crippen molar-refractivity contribution in [3.05, 3.63) is 52.8 Å². The Bertz CT molecular complexity index is 705. The SMILES string of the molecule is CC(NS(=O)(=O)c1ccc(Br)c(N)c1)c1ccccn1. The van der Waals surface area contributed by atoms with Gasteiger partial charge in [-0.3, -0.25) is 4.98 Å². The summed E-state index contributed by atoms with van der Waals surface area (Å²) in [7, 11) is -3.64. The van der Waals surface area contributed by atoms with Gasteiger partial charge < -0.3 is 5.73 Å². The number of nitrogens with zero attached hydrogens (tertiary/aromatic N) is 1. The third-order valence-corrected chi connectivity index (χ3v) is 5.00. The predicted molar refractivity (Wildman–Crippen MR) is 81.5 cm³/mol. The molecule has 0 bridgehead atoms. The van der Waals surface area contributed by atoms with Crippen molar-refractivity contribution in [3.63, 3.8) is 0 Å². The van der Waals surface area contributed by atoms with Crippen LogP contribution in [0.2, 0.25) is 0 Å². The molecule has 1 heterocycles. The smallest absolute Gasteiger partial charge is 0.241 e. The Morgan fingerprint density at radius 3 is 2.65 bits per heavy atom. The van der Waals surface area contributed by atoms with Gasteiger partial charge in [-0.25, -0.2) is 13.1 Å². The van der Waals surface area contributed by atoms with Crippen LogP contribution in [0.5, 0.6) is 0 Å². The molecule has 0 saturated carbocycles. The highest BCUT2D eigenvalue weighted by Gasteiger charge is 2.19. The second kappa shape index (κ2) is 5.90. The predicted octanol–water partition coefficient (Wildman–Crippen LogP) is 2.47. The lowest BCUT2D eigenvalue weighted by molar-refractivity contribution is 0.564. The molecular weight excluding hydrogens is 342 g/mol. The first kappa shape index (κ1) is 15.0. The summed E-state index contributed by atoms with van der Waals surface area (Å²) in [4.78, 5) is 4.25. The Morgan fingerprint density at radius 2 is 2.05 bits per heavy atom. The highest BCUT2D eigenvalue weighted by Crippen LogP contribution is 2.23. The molecule has 7 heteroatoms. The number of sulfonamides is 1. The average molecular weight is 356 g/mol. The van der Waals surface area contributed by atoms with Crippen molar-refractivity contribution >= 4 is 31.6 Å². The van der Waals surface area contributed by atoms with E-state index in [4.69, 9.17) is 5.73 Å². The van der Waals surface area contributed by atoms with Crippen LogP contribution in [-0.2, 0) is 10.0 Å². The van der Waals surface area contributed by atoms with Crippen LogP contribution < -0.4 is 10.5 Å². The second-order valence-corrected chi connectivity index (χ2v) is 6.85. The Morgan fingerprint density at radius 1 is 1.30 bits per heavy atom. The zero-order valence-corrected chi connectivity index (χ0v) is 13.1. The van der Waals surface area contributed by atoms with Gasteiger partial charge in [0.05, 0.1) is 16.6 Å². The summed E-state index contributed by atoms with van der Waals surface area (Å²) in [5.41, 5.74) is 6.74. The first-order valence-electron chi connectivity index (χ1n) is 5.88. The van der Waals surface area contributed by atoms with Crippen molar-refractivity contribution in [1.29, 1.82) is 0 Å². The number of nitrogens with one attached hydrogen (secondary N) is 1. The zero-order chi connectivity index (χ0) is 14.8. The molecule has 5 nitrogen and oxygen atoms in total. The summed E-state index contributed by atoms with van der Waals surface area (Å²) in [6, 6.07) is 9.44. The Hall–Kier alpha value is -1.44. The van der Waals surface area contributed by atoms with Crippen LogP contribution in [0.25, 0.3) is 0 Å². The van der Waals surface area contributed by atoms with E-state index < -0.39 is 16.1 Å². The molecule has 3 N–H and O–H groups in total. The maximum absolute atomic E-state index is 12.3. The van der Waals surface area contributed by atoms with Crippen molar-refractivity contribution in [2.75, 3.05) is 5.73 Å². The lowest BCUT2D eigenvalue weighted by Crippen LogP contribution is -2.27. The molecule has 0 spiro atoms. The molecule has 0 fully saturated rings. The van der Waals surface area contributed by atoms with E-state index in [1.807, 2.05) is 6.07 Å². The van der Waals surface area contributed by atoms with Crippen LogP contribution in [0, 0.1) is 0 Å². The number of pyridine rings is 1. The molecule has 0 aliphatic rings. The van der Waals surface area contributed by atoms with Crippen LogP contribution >= 0.6 is 15.9 Å². The summed E-state index contributed by atoms with van der Waals surface area (Å²) in [5.74, 6) is 0. The third-order valence-electron chi connectivity index (χ3n) is 2.74. The fourth-order valence-electron chi connectivity index (χ4n) is 1.68. The molecule has 0 saturated heterocycles. The number of aromatic nitrogens is 1. The average Bonchev–Trinajstić information content (AvgIpc) is 2.42. The van der Waals surface area contributed by atoms with Crippen molar-refractivity contribution < 1.29 is 8.42 Å². The van der Waals surface area contributed by atoms with Gasteiger partial charge >= 0.3 is 0 Å². The lowest BCUT2D eigenvalue weighted by atomic mass is 10.2. The van der Waals surface area contributed by atoms with E-state index in [0.717, 1.165) is 0 Å². The molecule has 1 aromatic carbocycles. The van der Waals surface area contributed by atoms with Crippen LogP contribution in [0.15, 0.2) is 52.0 Å². The number of nitrogens with two attached hydrogens (primary N) is 1. The molecular formula is C13H14BrN3O2S. The minimum atomic E-state index is -3.64. The number of hydrogen-bond acceptors (Lipinski definition) is 4. The summed E-state index contributed by atoms with van der Waals surface area (Å²) < 4.78 is 27.8. The largest absolute Gasteiger partial charge is 0.398 e. The maximum Gasteiger partial charge on any atom is 0.241 e. The van der Waals surface area contributed by atoms with Gasteiger partial charge in [-0.15, -0.1) is 0 Å². The second-order valence-electron chi connectivity index (χ2n) is 4.28. The topological polar surface area (TPSA) is 85.1 Å². The van der Waals surface area contributed by atoms with Gasteiger partial charge in [-0.2, -0.15) is 0 Å². The van der Waals surface area contributed by atoms with Gasteiger partial charge in [0.25, 0.3) is 0 Å². The van der Waals surface area contributed by atoms with Crippen molar-refractivity contribution in [3.8, 4) is 0 Å². The van der Waals surface area contributed by atoms with Gasteiger partial charge in [0.15, 0.2) is 0 Å². The number of anilines is 1. The first-order chi connectivity index (χ1) is 9.40. The molecule has 20 heavy (non-hydrogen) atoms. The maximum atomic E-state index is 12.3. The fourth-order valence-corrected chi connectivity index (χ4v) is 3.18. The highest BCUT2D eigenvalue weighted by atomic mass is 79.9. The Labute approximate surface area is 126 Å². The molecule has 0 amide bonds. The molecule has 1 atom stereocenters. The third kappa shape index (κ3) is 3.36. The van der Waals surface area contributed by atoms with Gasteiger partial charge in [-0.05, 0) is 53.2 Å². The zero-order valence-electron chi connectivity index (χ0n) is 10.7. The highest BCUT2D eigenvalue weighted by molar-refractivity contribution is 9.10. The van der Waals surface area contributed by atoms with Crippen molar-refractivity contribution in [2.45, 2.75) is 17.9 Å². The van der Waals surface area contributed by atoms with E-state index in [2.05, 4.69) is 25.6 Å². The van der Waals surface area contributed by atoms with E-state index >= 15 is 0 Å². The van der Waals surface area contributed by atoms with Crippen LogP contribution in [0.4, 0.5) is 5.69 Å². The molecule has 0 aliphatic heterocycles. The minimum Gasteiger partial charge on any atom is -0.398 e. The number of halogens is 1. The molecule has 1 unspecified atom stereocenters. The van der Waals surface area contributed by atoms with Crippen LogP contribution in [-0.4, -0.2) is 13.4 Å². The molecule has 0 aliphatic carbocycles. The van der Waals surface area contributed by atoms with E-state index in [9.17, 15) is 8.42 Å². The molecule has 1 aromatic heterocycles. The van der Waals surface area contributed by atoms with Crippen LogP contribution in [0.3, 0.4) is 0 Å². The lowest BCUT2D eigenvalue weighted by Gasteiger charge is -2.14. The first-order valence-corrected chi connectivity index (χ1v) is 8.16. The fraction of sp³-hybridized carbons (Fsp3) is 0.154. The van der Waals surface area contributed by atoms with Gasteiger partial charge in [0.1, 0.15) is 0 Å². The molecule has 2 aromatic rings.